The number of rotatable bonds is 5. The average molecular weight is 357 g/mol. The monoisotopic (exact) mass is 357 g/mol. The summed E-state index contributed by atoms with van der Waals surface area (Å²) in [5.74, 6) is 9.48. The molecule has 0 aliphatic heterocycles. The van der Waals surface area contributed by atoms with E-state index >= 15 is 0 Å². The SMILES string of the molecule is CC(C#CC#Cc1ccc(C(=O)NC(C(=O)NO)C(C)(C)N)cc1)CO. The minimum Gasteiger partial charge on any atom is -0.395 e. The topological polar surface area (TPSA) is 125 Å². The molecule has 2 unspecified atom stereocenters. The second kappa shape index (κ2) is 9.59. The van der Waals surface area contributed by atoms with Crippen molar-refractivity contribution in [2.75, 3.05) is 6.61 Å². The van der Waals surface area contributed by atoms with Crippen LogP contribution in [0.2, 0.25) is 0 Å². The fraction of sp³-hybridized carbons (Fsp3) is 0.368. The Morgan fingerprint density at radius 3 is 2.35 bits per heavy atom. The van der Waals surface area contributed by atoms with E-state index < -0.39 is 23.4 Å². The predicted molar refractivity (Wildman–Crippen MR) is 96.8 cm³/mol. The van der Waals surface area contributed by atoms with Crippen LogP contribution in [0.3, 0.4) is 0 Å². The van der Waals surface area contributed by atoms with E-state index in [-0.39, 0.29) is 12.5 Å². The molecular formula is C19H23N3O4. The molecule has 0 aliphatic rings. The van der Waals surface area contributed by atoms with Gasteiger partial charge in [0.15, 0.2) is 0 Å². The summed E-state index contributed by atoms with van der Waals surface area (Å²) in [6.45, 7) is 4.89. The van der Waals surface area contributed by atoms with E-state index in [9.17, 15) is 9.59 Å². The highest BCUT2D eigenvalue weighted by molar-refractivity contribution is 5.97. The molecule has 0 aliphatic carbocycles. The summed E-state index contributed by atoms with van der Waals surface area (Å²) in [5, 5.41) is 20.2. The molecule has 138 valence electrons. The number of hydrogen-bond acceptors (Lipinski definition) is 5. The molecule has 0 heterocycles. The number of nitrogens with two attached hydrogens (primary N) is 1. The lowest BCUT2D eigenvalue weighted by molar-refractivity contribution is -0.132. The Labute approximate surface area is 152 Å². The Hall–Kier alpha value is -2.84. The Morgan fingerprint density at radius 2 is 1.85 bits per heavy atom. The summed E-state index contributed by atoms with van der Waals surface area (Å²) in [5.41, 5.74) is 7.28. The number of carbonyl (C=O) groups excluding carboxylic acids is 2. The molecular weight excluding hydrogens is 334 g/mol. The van der Waals surface area contributed by atoms with Gasteiger partial charge in [-0.15, -0.1) is 0 Å². The van der Waals surface area contributed by atoms with Crippen molar-refractivity contribution in [3.8, 4) is 23.7 Å². The number of hydroxylamine groups is 1. The first-order valence-corrected chi connectivity index (χ1v) is 7.95. The third-order valence-corrected chi connectivity index (χ3v) is 3.40. The maximum Gasteiger partial charge on any atom is 0.267 e. The number of carbonyl (C=O) groups is 2. The Morgan fingerprint density at radius 1 is 1.23 bits per heavy atom. The average Bonchev–Trinajstić information content (AvgIpc) is 2.61. The van der Waals surface area contributed by atoms with Gasteiger partial charge in [-0.25, -0.2) is 5.48 Å². The van der Waals surface area contributed by atoms with Gasteiger partial charge < -0.3 is 16.2 Å². The Balaban J connectivity index is 2.84. The van der Waals surface area contributed by atoms with Gasteiger partial charge in [0.1, 0.15) is 6.04 Å². The van der Waals surface area contributed by atoms with E-state index in [2.05, 4.69) is 29.0 Å². The zero-order valence-corrected chi connectivity index (χ0v) is 15.0. The van der Waals surface area contributed by atoms with Crippen molar-refractivity contribution < 1.29 is 19.9 Å². The molecule has 1 aromatic carbocycles. The molecule has 26 heavy (non-hydrogen) atoms. The van der Waals surface area contributed by atoms with Crippen molar-refractivity contribution in [2.24, 2.45) is 11.7 Å². The molecule has 0 fully saturated rings. The van der Waals surface area contributed by atoms with E-state index in [0.29, 0.717) is 11.1 Å². The van der Waals surface area contributed by atoms with Crippen LogP contribution in [0.5, 0.6) is 0 Å². The summed E-state index contributed by atoms with van der Waals surface area (Å²) < 4.78 is 0. The number of amides is 2. The third-order valence-electron chi connectivity index (χ3n) is 3.40. The van der Waals surface area contributed by atoms with Gasteiger partial charge in [0.05, 0.1) is 6.61 Å². The molecule has 0 bridgehead atoms. The van der Waals surface area contributed by atoms with Crippen LogP contribution in [0.15, 0.2) is 24.3 Å². The lowest BCUT2D eigenvalue weighted by atomic mass is 9.95. The summed E-state index contributed by atoms with van der Waals surface area (Å²) >= 11 is 0. The van der Waals surface area contributed by atoms with Crippen LogP contribution in [0, 0.1) is 29.6 Å². The second-order valence-electron chi connectivity index (χ2n) is 6.38. The Bertz CT molecular complexity index is 758. The summed E-state index contributed by atoms with van der Waals surface area (Å²) in [6.07, 6.45) is 0. The minimum atomic E-state index is -1.11. The Kier molecular flexibility index (Phi) is 7.82. The number of nitrogens with one attached hydrogen (secondary N) is 2. The molecule has 0 radical (unpaired) electrons. The van der Waals surface area contributed by atoms with Gasteiger partial charge in [0.2, 0.25) is 0 Å². The number of aliphatic hydroxyl groups is 1. The van der Waals surface area contributed by atoms with Crippen LogP contribution in [-0.2, 0) is 4.79 Å². The number of benzene rings is 1. The fourth-order valence-electron chi connectivity index (χ4n) is 1.88. The van der Waals surface area contributed by atoms with E-state index in [4.69, 9.17) is 16.0 Å². The van der Waals surface area contributed by atoms with Crippen LogP contribution in [0.1, 0.15) is 36.7 Å². The molecule has 1 aromatic rings. The first-order chi connectivity index (χ1) is 12.2. The standard InChI is InChI=1S/C19H23N3O4/c1-13(12-23)6-4-5-7-14-8-10-15(11-9-14)17(24)21-16(18(25)22-26)19(2,3)20/h8-11,13,16,23,26H,12,20H2,1-3H3,(H,21,24)(H,22,25). The van der Waals surface area contributed by atoms with Crippen molar-refractivity contribution >= 4 is 11.8 Å². The predicted octanol–water partition coefficient (Wildman–Crippen LogP) is 0.0110. The van der Waals surface area contributed by atoms with E-state index in [1.54, 1.807) is 45.0 Å². The van der Waals surface area contributed by atoms with Crippen molar-refractivity contribution in [2.45, 2.75) is 32.4 Å². The van der Waals surface area contributed by atoms with Crippen molar-refractivity contribution in [3.63, 3.8) is 0 Å². The zero-order chi connectivity index (χ0) is 19.7. The molecule has 2 amide bonds. The maximum atomic E-state index is 12.3. The quantitative estimate of drug-likeness (QED) is 0.288. The van der Waals surface area contributed by atoms with Crippen LogP contribution in [0.25, 0.3) is 0 Å². The highest BCUT2D eigenvalue weighted by Crippen LogP contribution is 2.09. The van der Waals surface area contributed by atoms with Crippen molar-refractivity contribution in [1.29, 1.82) is 0 Å². The van der Waals surface area contributed by atoms with Crippen LogP contribution >= 0.6 is 0 Å². The lowest BCUT2D eigenvalue weighted by Gasteiger charge is -2.29. The minimum absolute atomic E-state index is 0.0204. The summed E-state index contributed by atoms with van der Waals surface area (Å²) in [4.78, 5) is 24.0. The van der Waals surface area contributed by atoms with Crippen molar-refractivity contribution in [3.05, 3.63) is 35.4 Å². The second-order valence-corrected chi connectivity index (χ2v) is 6.38. The maximum absolute atomic E-state index is 12.3. The van der Waals surface area contributed by atoms with Gasteiger partial charge in [-0.05, 0) is 56.9 Å². The number of aliphatic hydroxyl groups excluding tert-OH is 1. The smallest absolute Gasteiger partial charge is 0.267 e. The van der Waals surface area contributed by atoms with Crippen molar-refractivity contribution in [1.82, 2.24) is 10.8 Å². The van der Waals surface area contributed by atoms with Gasteiger partial charge in [0.25, 0.3) is 11.8 Å². The summed E-state index contributed by atoms with van der Waals surface area (Å²) in [6, 6.07) is 5.30. The molecule has 7 nitrogen and oxygen atoms in total. The molecule has 7 heteroatoms. The van der Waals surface area contributed by atoms with Gasteiger partial charge in [-0.3, -0.25) is 14.8 Å². The molecule has 0 saturated heterocycles. The first kappa shape index (κ1) is 21.2. The fourth-order valence-corrected chi connectivity index (χ4v) is 1.88. The lowest BCUT2D eigenvalue weighted by Crippen LogP contribution is -2.61. The van der Waals surface area contributed by atoms with E-state index in [1.807, 2.05) is 0 Å². The van der Waals surface area contributed by atoms with Gasteiger partial charge in [0, 0.05) is 22.6 Å². The van der Waals surface area contributed by atoms with E-state index in [0.717, 1.165) is 0 Å². The highest BCUT2D eigenvalue weighted by Gasteiger charge is 2.33. The van der Waals surface area contributed by atoms with E-state index in [1.165, 1.54) is 5.48 Å². The highest BCUT2D eigenvalue weighted by atomic mass is 16.5. The van der Waals surface area contributed by atoms with Gasteiger partial charge in [-0.2, -0.15) is 0 Å². The molecule has 0 saturated carbocycles. The molecule has 6 N–H and O–H groups in total. The van der Waals surface area contributed by atoms with Crippen LogP contribution < -0.4 is 16.5 Å². The molecule has 2 atom stereocenters. The largest absolute Gasteiger partial charge is 0.395 e. The molecule has 1 rings (SSSR count). The van der Waals surface area contributed by atoms with Crippen LogP contribution in [-0.4, -0.2) is 40.3 Å². The normalized spacial score (nSPS) is 12.5. The number of hydrogen-bond donors (Lipinski definition) is 5. The first-order valence-electron chi connectivity index (χ1n) is 7.95. The van der Waals surface area contributed by atoms with Gasteiger partial charge in [-0.1, -0.05) is 11.8 Å². The third kappa shape index (κ3) is 6.58. The molecule has 0 aromatic heterocycles. The summed E-state index contributed by atoms with van der Waals surface area (Å²) in [7, 11) is 0. The molecule has 0 spiro atoms. The van der Waals surface area contributed by atoms with Crippen LogP contribution in [0.4, 0.5) is 0 Å². The van der Waals surface area contributed by atoms with Gasteiger partial charge >= 0.3 is 0 Å². The zero-order valence-electron chi connectivity index (χ0n) is 15.0.